The van der Waals surface area contributed by atoms with Crippen LogP contribution in [0.1, 0.15) is 20.8 Å². The number of aromatic amines is 1. The van der Waals surface area contributed by atoms with E-state index in [1.165, 1.54) is 14.2 Å². The second-order valence-electron chi connectivity index (χ2n) is 7.03. The van der Waals surface area contributed by atoms with Gasteiger partial charge in [0.05, 0.1) is 38.2 Å². The Morgan fingerprint density at radius 3 is 2.44 bits per heavy atom. The van der Waals surface area contributed by atoms with Crippen molar-refractivity contribution in [2.24, 2.45) is 0 Å². The number of rotatable bonds is 7. The third-order valence-electron chi connectivity index (χ3n) is 5.05. The number of benzene rings is 2. The van der Waals surface area contributed by atoms with Gasteiger partial charge >= 0.3 is 5.69 Å². The molecule has 0 radical (unpaired) electrons. The van der Waals surface area contributed by atoms with Crippen LogP contribution in [-0.2, 0) is 13.1 Å². The Labute approximate surface area is 187 Å². The predicted octanol–water partition coefficient (Wildman–Crippen LogP) is 2.75. The first-order chi connectivity index (χ1) is 15.5. The van der Waals surface area contributed by atoms with E-state index in [4.69, 9.17) is 9.47 Å². The number of nitrogens with one attached hydrogen (secondary N) is 2. The van der Waals surface area contributed by atoms with Gasteiger partial charge in [-0.2, -0.15) is 0 Å². The van der Waals surface area contributed by atoms with Crippen LogP contribution in [0.15, 0.2) is 63.5 Å². The number of nitrogens with zero attached hydrogens (tertiary/aromatic N) is 1. The summed E-state index contributed by atoms with van der Waals surface area (Å²) >= 11 is 1.58. The molecule has 0 aliphatic heterocycles. The van der Waals surface area contributed by atoms with Crippen molar-refractivity contribution < 1.29 is 14.3 Å². The molecular weight excluding hydrogens is 430 g/mol. The summed E-state index contributed by atoms with van der Waals surface area (Å²) in [4.78, 5) is 41.7. The maximum atomic E-state index is 13.0. The molecule has 4 aromatic rings. The first kappa shape index (κ1) is 21.4. The quantitative estimate of drug-likeness (QED) is 0.450. The molecule has 0 unspecified atom stereocenters. The van der Waals surface area contributed by atoms with E-state index in [2.05, 4.69) is 10.3 Å². The van der Waals surface area contributed by atoms with E-state index >= 15 is 0 Å². The molecule has 0 aliphatic rings. The minimum Gasteiger partial charge on any atom is -0.493 e. The number of carbonyl (C=O) groups is 1. The maximum Gasteiger partial charge on any atom is 0.329 e. The lowest BCUT2D eigenvalue weighted by molar-refractivity contribution is 0.0951. The average molecular weight is 452 g/mol. The molecule has 0 aliphatic carbocycles. The topological polar surface area (TPSA) is 102 Å². The van der Waals surface area contributed by atoms with E-state index in [0.717, 1.165) is 9.44 Å². The number of aromatic nitrogens is 2. The van der Waals surface area contributed by atoms with Gasteiger partial charge in [-0.3, -0.25) is 14.2 Å². The molecule has 2 aromatic heterocycles. The van der Waals surface area contributed by atoms with Crippen molar-refractivity contribution in [1.82, 2.24) is 14.9 Å². The Hall–Kier alpha value is -3.85. The standard InChI is InChI=1S/C23H21N3O5S/c1-30-19-10-17-18(11-20(19)31-2)25-23(29)26(22(17)28)13-14-5-7-15(8-6-14)21(27)24-12-16-4-3-9-32-16/h3-11H,12-13H2,1-2H3,(H,24,27)(H,25,29). The summed E-state index contributed by atoms with van der Waals surface area (Å²) in [7, 11) is 2.96. The van der Waals surface area contributed by atoms with Crippen LogP contribution in [0.4, 0.5) is 0 Å². The van der Waals surface area contributed by atoms with Crippen molar-refractivity contribution >= 4 is 28.1 Å². The molecule has 0 saturated heterocycles. The van der Waals surface area contributed by atoms with Gasteiger partial charge in [-0.25, -0.2) is 4.79 Å². The lowest BCUT2D eigenvalue weighted by atomic mass is 10.1. The van der Waals surface area contributed by atoms with E-state index < -0.39 is 11.2 Å². The highest BCUT2D eigenvalue weighted by molar-refractivity contribution is 7.09. The van der Waals surface area contributed by atoms with E-state index in [9.17, 15) is 14.4 Å². The molecule has 8 nitrogen and oxygen atoms in total. The van der Waals surface area contributed by atoms with Gasteiger partial charge in [-0.1, -0.05) is 18.2 Å². The fraction of sp³-hybridized carbons (Fsp3) is 0.174. The zero-order chi connectivity index (χ0) is 22.7. The Balaban J connectivity index is 1.57. The summed E-state index contributed by atoms with van der Waals surface area (Å²) in [5, 5.41) is 5.14. The van der Waals surface area contributed by atoms with Crippen LogP contribution in [0.25, 0.3) is 10.9 Å². The van der Waals surface area contributed by atoms with Crippen molar-refractivity contribution in [3.05, 3.63) is 90.8 Å². The van der Waals surface area contributed by atoms with Crippen molar-refractivity contribution in [2.45, 2.75) is 13.1 Å². The van der Waals surface area contributed by atoms with E-state index in [0.29, 0.717) is 40.1 Å². The fourth-order valence-electron chi connectivity index (χ4n) is 3.35. The summed E-state index contributed by atoms with van der Waals surface area (Å²) < 4.78 is 11.6. The van der Waals surface area contributed by atoms with Gasteiger partial charge in [-0.05, 0) is 35.2 Å². The van der Waals surface area contributed by atoms with Crippen molar-refractivity contribution in [3.8, 4) is 11.5 Å². The van der Waals surface area contributed by atoms with Gasteiger partial charge in [-0.15, -0.1) is 11.3 Å². The Morgan fingerprint density at radius 2 is 1.78 bits per heavy atom. The summed E-state index contributed by atoms with van der Waals surface area (Å²) in [5.41, 5.74) is 0.607. The molecule has 32 heavy (non-hydrogen) atoms. The number of methoxy groups -OCH3 is 2. The molecule has 1 amide bonds. The summed E-state index contributed by atoms with van der Waals surface area (Å²) in [6, 6.07) is 13.8. The molecule has 0 bridgehead atoms. The lowest BCUT2D eigenvalue weighted by Gasteiger charge is -2.11. The lowest BCUT2D eigenvalue weighted by Crippen LogP contribution is -2.35. The Bertz CT molecular complexity index is 1370. The summed E-state index contributed by atoms with van der Waals surface area (Å²) in [6.45, 7) is 0.532. The molecule has 2 aromatic carbocycles. The normalized spacial score (nSPS) is 10.8. The molecule has 0 saturated carbocycles. The third kappa shape index (κ3) is 4.28. The number of fused-ring (bicyclic) bond motifs is 1. The largest absolute Gasteiger partial charge is 0.493 e. The molecule has 9 heteroatoms. The minimum atomic E-state index is -0.535. The Kier molecular flexibility index (Phi) is 6.09. The smallest absolute Gasteiger partial charge is 0.329 e. The van der Waals surface area contributed by atoms with Crippen LogP contribution < -0.4 is 26.0 Å². The number of thiophene rings is 1. The van der Waals surface area contributed by atoms with Gasteiger partial charge < -0.3 is 19.8 Å². The zero-order valence-electron chi connectivity index (χ0n) is 17.5. The van der Waals surface area contributed by atoms with E-state index in [1.807, 2.05) is 17.5 Å². The average Bonchev–Trinajstić information content (AvgIpc) is 3.33. The monoisotopic (exact) mass is 451 g/mol. The predicted molar refractivity (Wildman–Crippen MR) is 123 cm³/mol. The first-order valence-corrected chi connectivity index (χ1v) is 10.7. The van der Waals surface area contributed by atoms with Gasteiger partial charge in [0, 0.05) is 16.5 Å². The molecular formula is C23H21N3O5S. The molecule has 4 rings (SSSR count). The summed E-state index contributed by atoms with van der Waals surface area (Å²) in [6.07, 6.45) is 0. The second-order valence-corrected chi connectivity index (χ2v) is 8.07. The number of amides is 1. The molecule has 0 fully saturated rings. The number of hydrogen-bond acceptors (Lipinski definition) is 6. The van der Waals surface area contributed by atoms with Crippen LogP contribution in [0.5, 0.6) is 11.5 Å². The highest BCUT2D eigenvalue weighted by Gasteiger charge is 2.13. The number of H-pyrrole nitrogens is 1. The number of hydrogen-bond donors (Lipinski definition) is 2. The van der Waals surface area contributed by atoms with Gasteiger partial charge in [0.25, 0.3) is 11.5 Å². The fourth-order valence-corrected chi connectivity index (χ4v) is 3.99. The highest BCUT2D eigenvalue weighted by Crippen LogP contribution is 2.29. The summed E-state index contributed by atoms with van der Waals surface area (Å²) in [5.74, 6) is 0.626. The third-order valence-corrected chi connectivity index (χ3v) is 5.92. The zero-order valence-corrected chi connectivity index (χ0v) is 18.3. The van der Waals surface area contributed by atoms with Crippen LogP contribution in [0.3, 0.4) is 0 Å². The van der Waals surface area contributed by atoms with Crippen molar-refractivity contribution in [1.29, 1.82) is 0 Å². The molecule has 2 N–H and O–H groups in total. The minimum absolute atomic E-state index is 0.0650. The van der Waals surface area contributed by atoms with E-state index in [-0.39, 0.29) is 12.5 Å². The van der Waals surface area contributed by atoms with Crippen molar-refractivity contribution in [3.63, 3.8) is 0 Å². The molecule has 0 atom stereocenters. The van der Waals surface area contributed by atoms with Gasteiger partial charge in [0.2, 0.25) is 0 Å². The van der Waals surface area contributed by atoms with Crippen molar-refractivity contribution in [2.75, 3.05) is 14.2 Å². The second kappa shape index (κ2) is 9.11. The van der Waals surface area contributed by atoms with Crippen LogP contribution in [-0.4, -0.2) is 29.7 Å². The van der Waals surface area contributed by atoms with E-state index in [1.54, 1.807) is 47.7 Å². The Morgan fingerprint density at radius 1 is 1.06 bits per heavy atom. The highest BCUT2D eigenvalue weighted by atomic mass is 32.1. The molecule has 2 heterocycles. The van der Waals surface area contributed by atoms with Crippen LogP contribution >= 0.6 is 11.3 Å². The first-order valence-electron chi connectivity index (χ1n) is 9.78. The van der Waals surface area contributed by atoms with Gasteiger partial charge in [0.1, 0.15) is 0 Å². The SMILES string of the molecule is COc1cc2[nH]c(=O)n(Cc3ccc(C(=O)NCc4cccs4)cc3)c(=O)c2cc1OC. The van der Waals surface area contributed by atoms with Crippen LogP contribution in [0.2, 0.25) is 0 Å². The molecule has 164 valence electrons. The number of carbonyl (C=O) groups excluding carboxylic acids is 1. The number of ether oxygens (including phenoxy) is 2. The molecule has 0 spiro atoms. The maximum absolute atomic E-state index is 13.0. The van der Waals surface area contributed by atoms with Crippen LogP contribution in [0, 0.1) is 0 Å². The van der Waals surface area contributed by atoms with Gasteiger partial charge in [0.15, 0.2) is 11.5 Å².